The molecule has 16 heavy (non-hydrogen) atoms. The molecule has 0 radical (unpaired) electrons. The van der Waals surface area contributed by atoms with Crippen LogP contribution in [0.5, 0.6) is 0 Å². The average molecular weight is 229 g/mol. The number of nitrogens with zero attached hydrogens (tertiary/aromatic N) is 1. The monoisotopic (exact) mass is 229 g/mol. The van der Waals surface area contributed by atoms with Crippen molar-refractivity contribution in [2.24, 2.45) is 0 Å². The van der Waals surface area contributed by atoms with Gasteiger partial charge in [0.05, 0.1) is 18.2 Å². The van der Waals surface area contributed by atoms with Crippen molar-refractivity contribution in [2.45, 2.75) is 6.54 Å². The fourth-order valence-corrected chi connectivity index (χ4v) is 2.11. The van der Waals surface area contributed by atoms with E-state index in [0.29, 0.717) is 12.1 Å². The Hall–Kier alpha value is -1.99. The van der Waals surface area contributed by atoms with E-state index in [-0.39, 0.29) is 0 Å². The van der Waals surface area contributed by atoms with Gasteiger partial charge in [0, 0.05) is 16.3 Å². The number of thiophene rings is 1. The molecule has 1 aromatic heterocycles. The average Bonchev–Trinajstić information content (AvgIpc) is 2.72. The van der Waals surface area contributed by atoms with Gasteiger partial charge in [-0.3, -0.25) is 0 Å². The van der Waals surface area contributed by atoms with Crippen LogP contribution in [0.3, 0.4) is 0 Å². The van der Waals surface area contributed by atoms with Gasteiger partial charge in [-0.15, -0.1) is 11.3 Å². The summed E-state index contributed by atoms with van der Waals surface area (Å²) in [5.41, 5.74) is 8.19. The maximum Gasteiger partial charge on any atom is 0.0992 e. The number of hydrogen-bond donors (Lipinski definition) is 2. The van der Waals surface area contributed by atoms with Crippen LogP contribution in [-0.2, 0) is 6.54 Å². The van der Waals surface area contributed by atoms with Gasteiger partial charge in [0.1, 0.15) is 0 Å². The van der Waals surface area contributed by atoms with E-state index in [1.807, 2.05) is 29.6 Å². The summed E-state index contributed by atoms with van der Waals surface area (Å²) < 4.78 is 0. The van der Waals surface area contributed by atoms with Gasteiger partial charge >= 0.3 is 0 Å². The summed E-state index contributed by atoms with van der Waals surface area (Å²) in [4.78, 5) is 1.11. The summed E-state index contributed by atoms with van der Waals surface area (Å²) in [6.45, 7) is 0.693. The van der Waals surface area contributed by atoms with E-state index in [1.54, 1.807) is 17.4 Å². The predicted octanol–water partition coefficient (Wildman–Crippen LogP) is 2.81. The van der Waals surface area contributed by atoms with Crippen LogP contribution < -0.4 is 11.1 Å². The summed E-state index contributed by atoms with van der Waals surface area (Å²) >= 11 is 1.63. The fourth-order valence-electron chi connectivity index (χ4n) is 1.38. The summed E-state index contributed by atoms with van der Waals surface area (Å²) in [7, 11) is 0. The minimum absolute atomic E-state index is 0.657. The SMILES string of the molecule is N#Cc1cccc(NCc2sccc2N)c1. The number of nitrogens with one attached hydrogen (secondary N) is 1. The molecule has 0 amide bonds. The smallest absolute Gasteiger partial charge is 0.0992 e. The first-order valence-electron chi connectivity index (χ1n) is 4.85. The highest BCUT2D eigenvalue weighted by molar-refractivity contribution is 7.10. The van der Waals surface area contributed by atoms with Gasteiger partial charge in [0.2, 0.25) is 0 Å². The van der Waals surface area contributed by atoms with Crippen molar-refractivity contribution in [3.8, 4) is 6.07 Å². The van der Waals surface area contributed by atoms with Crippen molar-refractivity contribution in [1.29, 1.82) is 5.26 Å². The Morgan fingerprint density at radius 2 is 2.25 bits per heavy atom. The lowest BCUT2D eigenvalue weighted by molar-refractivity contribution is 1.19. The summed E-state index contributed by atoms with van der Waals surface area (Å²) in [6.07, 6.45) is 0. The molecule has 0 spiro atoms. The molecular formula is C12H11N3S. The van der Waals surface area contributed by atoms with Crippen LogP contribution in [0.15, 0.2) is 35.7 Å². The lowest BCUT2D eigenvalue weighted by Gasteiger charge is -2.05. The van der Waals surface area contributed by atoms with Gasteiger partial charge in [-0.25, -0.2) is 0 Å². The third-order valence-corrected chi connectivity index (χ3v) is 3.16. The highest BCUT2D eigenvalue weighted by Crippen LogP contribution is 2.20. The topological polar surface area (TPSA) is 61.8 Å². The molecule has 0 fully saturated rings. The predicted molar refractivity (Wildman–Crippen MR) is 67.2 cm³/mol. The third-order valence-electron chi connectivity index (χ3n) is 2.22. The molecule has 3 nitrogen and oxygen atoms in total. The lowest BCUT2D eigenvalue weighted by Crippen LogP contribution is -1.99. The second-order valence-electron chi connectivity index (χ2n) is 3.35. The van der Waals surface area contributed by atoms with Gasteiger partial charge in [0.15, 0.2) is 0 Å². The Kier molecular flexibility index (Phi) is 3.08. The standard InChI is InChI=1S/C12H11N3S/c13-7-9-2-1-3-10(6-9)15-8-12-11(14)4-5-16-12/h1-6,15H,8,14H2. The van der Waals surface area contributed by atoms with Crippen molar-refractivity contribution in [3.63, 3.8) is 0 Å². The zero-order valence-electron chi connectivity index (χ0n) is 8.60. The Morgan fingerprint density at radius 1 is 1.38 bits per heavy atom. The molecule has 0 bridgehead atoms. The first kappa shape index (κ1) is 10.5. The van der Waals surface area contributed by atoms with Crippen molar-refractivity contribution in [2.75, 3.05) is 11.1 Å². The molecule has 0 aliphatic carbocycles. The molecular weight excluding hydrogens is 218 g/mol. The highest BCUT2D eigenvalue weighted by Gasteiger charge is 2.00. The molecule has 0 aliphatic rings. The highest BCUT2D eigenvalue weighted by atomic mass is 32.1. The van der Waals surface area contributed by atoms with Crippen molar-refractivity contribution >= 4 is 22.7 Å². The van der Waals surface area contributed by atoms with Crippen molar-refractivity contribution in [1.82, 2.24) is 0 Å². The molecule has 1 aromatic carbocycles. The quantitative estimate of drug-likeness (QED) is 0.850. The minimum Gasteiger partial charge on any atom is -0.398 e. The van der Waals surface area contributed by atoms with E-state index in [2.05, 4.69) is 11.4 Å². The number of nitrogens with two attached hydrogens (primary N) is 1. The first-order chi connectivity index (χ1) is 7.79. The van der Waals surface area contributed by atoms with Crippen LogP contribution in [-0.4, -0.2) is 0 Å². The first-order valence-corrected chi connectivity index (χ1v) is 5.73. The third kappa shape index (κ3) is 2.33. The van der Waals surface area contributed by atoms with Crippen molar-refractivity contribution < 1.29 is 0 Å². The van der Waals surface area contributed by atoms with E-state index >= 15 is 0 Å². The normalized spacial score (nSPS) is 9.69. The van der Waals surface area contributed by atoms with Crippen LogP contribution in [0.25, 0.3) is 0 Å². The van der Waals surface area contributed by atoms with Gasteiger partial charge in [-0.2, -0.15) is 5.26 Å². The summed E-state index contributed by atoms with van der Waals surface area (Å²) in [5, 5.41) is 14.0. The van der Waals surface area contributed by atoms with Crippen LogP contribution in [0, 0.1) is 11.3 Å². The number of nitrogen functional groups attached to an aromatic ring is 1. The largest absolute Gasteiger partial charge is 0.398 e. The molecule has 0 aliphatic heterocycles. The minimum atomic E-state index is 0.657. The Labute approximate surface area is 98.1 Å². The number of anilines is 2. The second-order valence-corrected chi connectivity index (χ2v) is 4.35. The van der Waals surface area contributed by atoms with Crippen LogP contribution >= 0.6 is 11.3 Å². The number of benzene rings is 1. The zero-order valence-corrected chi connectivity index (χ0v) is 9.42. The molecule has 2 rings (SSSR count). The van der Waals surface area contributed by atoms with E-state index in [1.165, 1.54) is 0 Å². The number of nitriles is 1. The lowest BCUT2D eigenvalue weighted by atomic mass is 10.2. The number of rotatable bonds is 3. The maximum absolute atomic E-state index is 8.76. The Balaban J connectivity index is 2.05. The van der Waals surface area contributed by atoms with Gasteiger partial charge in [-0.1, -0.05) is 6.07 Å². The van der Waals surface area contributed by atoms with Crippen LogP contribution in [0.1, 0.15) is 10.4 Å². The van der Waals surface area contributed by atoms with E-state index in [9.17, 15) is 0 Å². The van der Waals surface area contributed by atoms with E-state index < -0.39 is 0 Å². The molecule has 80 valence electrons. The van der Waals surface area contributed by atoms with Crippen LogP contribution in [0.4, 0.5) is 11.4 Å². The molecule has 0 unspecified atom stereocenters. The maximum atomic E-state index is 8.76. The molecule has 0 atom stereocenters. The Bertz CT molecular complexity index is 525. The van der Waals surface area contributed by atoms with Crippen molar-refractivity contribution in [3.05, 3.63) is 46.2 Å². The summed E-state index contributed by atoms with van der Waals surface area (Å²) in [5.74, 6) is 0. The molecule has 0 saturated carbocycles. The van der Waals surface area contributed by atoms with Gasteiger partial charge in [-0.05, 0) is 29.6 Å². The van der Waals surface area contributed by atoms with E-state index in [4.69, 9.17) is 11.0 Å². The molecule has 3 N–H and O–H groups in total. The zero-order chi connectivity index (χ0) is 11.4. The Morgan fingerprint density at radius 3 is 2.94 bits per heavy atom. The summed E-state index contributed by atoms with van der Waals surface area (Å²) in [6, 6.07) is 11.4. The van der Waals surface area contributed by atoms with Gasteiger partial charge < -0.3 is 11.1 Å². The number of hydrogen-bond acceptors (Lipinski definition) is 4. The van der Waals surface area contributed by atoms with Crippen LogP contribution in [0.2, 0.25) is 0 Å². The molecule has 0 saturated heterocycles. The molecule has 1 heterocycles. The molecule has 4 heteroatoms. The molecule has 2 aromatic rings. The second kappa shape index (κ2) is 4.69. The van der Waals surface area contributed by atoms with E-state index in [0.717, 1.165) is 16.3 Å². The van der Waals surface area contributed by atoms with Gasteiger partial charge in [0.25, 0.3) is 0 Å². The fraction of sp³-hybridized carbons (Fsp3) is 0.0833.